The van der Waals surface area contributed by atoms with Crippen LogP contribution in [0.2, 0.25) is 0 Å². The molecule has 0 aliphatic heterocycles. The summed E-state index contributed by atoms with van der Waals surface area (Å²) in [6.45, 7) is 1.76. The lowest BCUT2D eigenvalue weighted by molar-refractivity contribution is -0.115. The van der Waals surface area contributed by atoms with Crippen LogP contribution in [0, 0.1) is 23.6 Å². The van der Waals surface area contributed by atoms with E-state index >= 15 is 0 Å². The molecule has 148 valence electrons. The molecule has 1 aromatic carbocycles. The van der Waals surface area contributed by atoms with Crippen molar-refractivity contribution < 1.29 is 13.6 Å². The highest BCUT2D eigenvalue weighted by molar-refractivity contribution is 8.00. The first kappa shape index (κ1) is 18.2. The Morgan fingerprint density at radius 1 is 1.18 bits per heavy atom. The van der Waals surface area contributed by atoms with Crippen molar-refractivity contribution in [3.05, 3.63) is 36.0 Å². The van der Waals surface area contributed by atoms with Crippen molar-refractivity contribution in [3.63, 3.8) is 0 Å². The number of nitrogens with zero attached hydrogens (tertiary/aromatic N) is 2. The molecule has 7 heteroatoms. The number of anilines is 1. The average Bonchev–Trinajstić information content (AvgIpc) is 3.12. The number of carbonyl (C=O) groups is 1. The lowest BCUT2D eigenvalue weighted by atomic mass is 9.49. The zero-order valence-corrected chi connectivity index (χ0v) is 16.7. The largest absolute Gasteiger partial charge is 0.415 e. The molecule has 4 aliphatic carbocycles. The number of aromatic nitrogens is 2. The third-order valence-electron chi connectivity index (χ3n) is 6.68. The van der Waals surface area contributed by atoms with E-state index in [1.54, 1.807) is 25.1 Å². The minimum Gasteiger partial charge on any atom is -0.415 e. The van der Waals surface area contributed by atoms with Crippen molar-refractivity contribution in [2.45, 2.75) is 61.3 Å². The van der Waals surface area contributed by atoms with Gasteiger partial charge in [0, 0.05) is 5.41 Å². The maximum Gasteiger partial charge on any atom is 0.277 e. The molecule has 4 bridgehead atoms. The molecular formula is C21H24FN3O2S. The fourth-order valence-corrected chi connectivity index (χ4v) is 6.53. The number of amides is 1. The fraction of sp³-hybridized carbons (Fsp3) is 0.571. The van der Waals surface area contributed by atoms with Gasteiger partial charge in [0.25, 0.3) is 5.22 Å². The fourth-order valence-electron chi connectivity index (χ4n) is 5.85. The van der Waals surface area contributed by atoms with Crippen LogP contribution in [0.3, 0.4) is 0 Å². The van der Waals surface area contributed by atoms with E-state index in [1.807, 2.05) is 0 Å². The molecule has 4 fully saturated rings. The number of thioether (sulfide) groups is 1. The molecule has 6 rings (SSSR count). The molecule has 1 N–H and O–H groups in total. The molecule has 5 nitrogen and oxygen atoms in total. The SMILES string of the molecule is C[C@@H](Sc1nnc(C23CC4CC(CC(C4)C2)C3)o1)C(=O)Nc1ccccc1F. The van der Waals surface area contributed by atoms with Crippen molar-refractivity contribution >= 4 is 23.4 Å². The number of para-hydroxylation sites is 1. The van der Waals surface area contributed by atoms with E-state index in [9.17, 15) is 9.18 Å². The third kappa shape index (κ3) is 3.23. The zero-order valence-electron chi connectivity index (χ0n) is 15.9. The molecule has 1 heterocycles. The molecule has 1 atom stereocenters. The van der Waals surface area contributed by atoms with Crippen molar-refractivity contribution in [2.75, 3.05) is 5.32 Å². The standard InChI is InChI=1S/C21H24FN3O2S/c1-12(18(26)23-17-5-3-2-4-16(17)22)28-20-25-24-19(27-20)21-9-13-6-14(10-21)8-15(7-13)11-21/h2-5,12-15H,6-11H2,1H3,(H,23,26)/t12-,13?,14?,15?,21?/m1/s1. The third-order valence-corrected chi connectivity index (χ3v) is 7.61. The van der Waals surface area contributed by atoms with Gasteiger partial charge in [0.2, 0.25) is 11.8 Å². The summed E-state index contributed by atoms with van der Waals surface area (Å²) in [5, 5.41) is 11.2. The van der Waals surface area contributed by atoms with Gasteiger partial charge < -0.3 is 9.73 Å². The lowest BCUT2D eigenvalue weighted by Gasteiger charge is -2.55. The van der Waals surface area contributed by atoms with E-state index in [0.29, 0.717) is 5.22 Å². The molecule has 0 saturated heterocycles. The molecule has 4 aliphatic rings. The predicted octanol–water partition coefficient (Wildman–Crippen LogP) is 4.80. The maximum atomic E-state index is 13.7. The van der Waals surface area contributed by atoms with Gasteiger partial charge in [-0.3, -0.25) is 4.79 Å². The highest BCUT2D eigenvalue weighted by Crippen LogP contribution is 2.60. The van der Waals surface area contributed by atoms with Gasteiger partial charge in [-0.05, 0) is 75.3 Å². The summed E-state index contributed by atoms with van der Waals surface area (Å²) in [7, 11) is 0. The Balaban J connectivity index is 1.27. The Morgan fingerprint density at radius 3 is 2.46 bits per heavy atom. The predicted molar refractivity (Wildman–Crippen MR) is 104 cm³/mol. The summed E-state index contributed by atoms with van der Waals surface area (Å²) in [6, 6.07) is 6.14. The van der Waals surface area contributed by atoms with Crippen molar-refractivity contribution in [3.8, 4) is 0 Å². The van der Waals surface area contributed by atoms with Crippen molar-refractivity contribution in [2.24, 2.45) is 17.8 Å². The van der Waals surface area contributed by atoms with Gasteiger partial charge in [0.15, 0.2) is 0 Å². The normalized spacial score (nSPS) is 31.7. The van der Waals surface area contributed by atoms with Gasteiger partial charge in [0.1, 0.15) is 5.82 Å². The van der Waals surface area contributed by atoms with E-state index in [2.05, 4.69) is 15.5 Å². The summed E-state index contributed by atoms with van der Waals surface area (Å²) in [6.07, 6.45) is 7.57. The van der Waals surface area contributed by atoms with Crippen molar-refractivity contribution in [1.29, 1.82) is 0 Å². The van der Waals surface area contributed by atoms with E-state index in [1.165, 1.54) is 37.1 Å². The first-order valence-electron chi connectivity index (χ1n) is 10.1. The number of hydrogen-bond donors (Lipinski definition) is 1. The highest BCUT2D eigenvalue weighted by atomic mass is 32.2. The number of hydrogen-bond acceptors (Lipinski definition) is 5. The number of halogens is 1. The van der Waals surface area contributed by atoms with Crippen LogP contribution in [0.4, 0.5) is 10.1 Å². The molecule has 0 spiro atoms. The van der Waals surface area contributed by atoms with Crippen LogP contribution >= 0.6 is 11.8 Å². The maximum absolute atomic E-state index is 13.7. The van der Waals surface area contributed by atoms with Crippen LogP contribution in [0.1, 0.15) is 51.3 Å². The van der Waals surface area contributed by atoms with Gasteiger partial charge in [-0.2, -0.15) is 0 Å². The van der Waals surface area contributed by atoms with Crippen molar-refractivity contribution in [1.82, 2.24) is 10.2 Å². The van der Waals surface area contributed by atoms with Gasteiger partial charge in [0.05, 0.1) is 10.9 Å². The Kier molecular flexibility index (Phi) is 4.45. The van der Waals surface area contributed by atoms with E-state index in [0.717, 1.165) is 42.9 Å². The number of rotatable bonds is 5. The Bertz CT molecular complexity index is 864. The van der Waals surface area contributed by atoms with Crippen LogP contribution < -0.4 is 5.32 Å². The van der Waals surface area contributed by atoms with Crippen LogP contribution in [-0.2, 0) is 10.2 Å². The second kappa shape index (κ2) is 6.87. The van der Waals surface area contributed by atoms with Gasteiger partial charge >= 0.3 is 0 Å². The monoisotopic (exact) mass is 401 g/mol. The van der Waals surface area contributed by atoms with E-state index < -0.39 is 11.1 Å². The number of benzene rings is 1. The zero-order chi connectivity index (χ0) is 19.3. The Morgan fingerprint density at radius 2 is 1.82 bits per heavy atom. The highest BCUT2D eigenvalue weighted by Gasteiger charge is 2.54. The van der Waals surface area contributed by atoms with Gasteiger partial charge in [-0.1, -0.05) is 23.9 Å². The van der Waals surface area contributed by atoms with Crippen LogP contribution in [0.15, 0.2) is 33.9 Å². The lowest BCUT2D eigenvalue weighted by Crippen LogP contribution is -2.48. The molecule has 1 amide bonds. The molecule has 28 heavy (non-hydrogen) atoms. The molecule has 1 aromatic heterocycles. The quantitative estimate of drug-likeness (QED) is 0.729. The van der Waals surface area contributed by atoms with Gasteiger partial charge in [-0.15, -0.1) is 10.2 Å². The molecule has 2 aromatic rings. The minimum atomic E-state index is -0.468. The second-order valence-corrected chi connectivity index (χ2v) is 10.1. The summed E-state index contributed by atoms with van der Waals surface area (Å²) >= 11 is 1.23. The average molecular weight is 402 g/mol. The summed E-state index contributed by atoms with van der Waals surface area (Å²) in [4.78, 5) is 12.4. The summed E-state index contributed by atoms with van der Waals surface area (Å²) in [5.74, 6) is 2.44. The molecule has 0 radical (unpaired) electrons. The minimum absolute atomic E-state index is 0.0548. The number of carbonyl (C=O) groups excluding carboxylic acids is 1. The summed E-state index contributed by atoms with van der Waals surface area (Å²) in [5.41, 5.74) is 0.235. The number of nitrogens with one attached hydrogen (secondary N) is 1. The second-order valence-electron chi connectivity index (χ2n) is 8.80. The Hall–Kier alpha value is -1.89. The van der Waals surface area contributed by atoms with Crippen LogP contribution in [0.5, 0.6) is 0 Å². The van der Waals surface area contributed by atoms with Crippen LogP contribution in [0.25, 0.3) is 0 Å². The smallest absolute Gasteiger partial charge is 0.277 e. The van der Waals surface area contributed by atoms with E-state index in [-0.39, 0.29) is 17.0 Å². The molecule has 4 saturated carbocycles. The van der Waals surface area contributed by atoms with Gasteiger partial charge in [-0.25, -0.2) is 4.39 Å². The Labute approximate surface area is 167 Å². The first-order valence-corrected chi connectivity index (χ1v) is 10.9. The topological polar surface area (TPSA) is 68.0 Å². The molecule has 0 unspecified atom stereocenters. The van der Waals surface area contributed by atoms with E-state index in [4.69, 9.17) is 4.42 Å². The van der Waals surface area contributed by atoms with Crippen LogP contribution in [-0.4, -0.2) is 21.4 Å². The first-order chi connectivity index (χ1) is 13.5. The molecular weight excluding hydrogens is 377 g/mol. The summed E-state index contributed by atoms with van der Waals surface area (Å²) < 4.78 is 19.8.